The van der Waals surface area contributed by atoms with Gasteiger partial charge in [0.2, 0.25) is 21.1 Å². The lowest BCUT2D eigenvalue weighted by molar-refractivity contribution is -0.113. The van der Waals surface area contributed by atoms with Gasteiger partial charge in [-0.25, -0.2) is 13.4 Å². The van der Waals surface area contributed by atoms with E-state index in [9.17, 15) is 13.2 Å². The van der Waals surface area contributed by atoms with Crippen LogP contribution in [0.4, 0.5) is 5.69 Å². The molecule has 176 valence electrons. The van der Waals surface area contributed by atoms with Crippen LogP contribution in [0, 0.1) is 12.8 Å². The van der Waals surface area contributed by atoms with Crippen molar-refractivity contribution in [2.45, 2.75) is 69.3 Å². The van der Waals surface area contributed by atoms with Crippen LogP contribution in [0.5, 0.6) is 0 Å². The Balaban J connectivity index is 1.55. The van der Waals surface area contributed by atoms with E-state index in [2.05, 4.69) is 20.5 Å². The number of thioether (sulfide) groups is 1. The van der Waals surface area contributed by atoms with Gasteiger partial charge in [0.1, 0.15) is 5.82 Å². The molecule has 1 aliphatic rings. The van der Waals surface area contributed by atoms with Crippen LogP contribution < -0.4 is 5.32 Å². The van der Waals surface area contributed by atoms with Gasteiger partial charge in [0.05, 0.1) is 10.6 Å². The number of amides is 1. The molecule has 0 spiro atoms. The quantitative estimate of drug-likeness (QED) is 0.472. The summed E-state index contributed by atoms with van der Waals surface area (Å²) in [4.78, 5) is 17.1. The minimum absolute atomic E-state index is 0.145. The molecule has 0 radical (unpaired) electrons. The Morgan fingerprint density at radius 3 is 2.66 bits per heavy atom. The first-order chi connectivity index (χ1) is 15.3. The van der Waals surface area contributed by atoms with Gasteiger partial charge in [0.15, 0.2) is 0 Å². The number of aryl methyl sites for hydroxylation is 2. The van der Waals surface area contributed by atoms with Gasteiger partial charge in [0, 0.05) is 25.2 Å². The first-order valence-electron chi connectivity index (χ1n) is 11.3. The number of H-pyrrole nitrogens is 1. The van der Waals surface area contributed by atoms with E-state index in [1.807, 2.05) is 13.8 Å². The summed E-state index contributed by atoms with van der Waals surface area (Å²) < 4.78 is 27.2. The monoisotopic (exact) mass is 479 g/mol. The smallest absolute Gasteiger partial charge is 0.243 e. The fourth-order valence-electron chi connectivity index (χ4n) is 4.08. The summed E-state index contributed by atoms with van der Waals surface area (Å²) in [5.41, 5.74) is 1.11. The maximum absolute atomic E-state index is 12.9. The van der Waals surface area contributed by atoms with Gasteiger partial charge in [-0.15, -0.1) is 5.10 Å². The first kappa shape index (κ1) is 24.7. The predicted octanol–water partition coefficient (Wildman–Crippen LogP) is 4.00. The van der Waals surface area contributed by atoms with Crippen LogP contribution in [0.25, 0.3) is 0 Å². The normalized spacial score (nSPS) is 14.9. The summed E-state index contributed by atoms with van der Waals surface area (Å²) in [6.45, 7) is 6.16. The van der Waals surface area contributed by atoms with Crippen molar-refractivity contribution in [3.05, 3.63) is 29.6 Å². The molecule has 1 saturated carbocycles. The SMILES string of the molecule is CCN(CC)S(=O)(=O)c1cc(NC(=O)CSc2n[nH]c(CCC3CCCC3)n2)ccc1C. The third-order valence-electron chi connectivity index (χ3n) is 5.90. The molecule has 1 heterocycles. The zero-order valence-electron chi connectivity index (χ0n) is 19.1. The Labute approximate surface area is 195 Å². The van der Waals surface area contributed by atoms with Crippen LogP contribution in [0.1, 0.15) is 57.3 Å². The summed E-state index contributed by atoms with van der Waals surface area (Å²) in [6, 6.07) is 4.96. The zero-order valence-corrected chi connectivity index (χ0v) is 20.7. The number of aromatic amines is 1. The van der Waals surface area contributed by atoms with Gasteiger partial charge in [-0.3, -0.25) is 9.89 Å². The van der Waals surface area contributed by atoms with Crippen LogP contribution in [0.3, 0.4) is 0 Å². The molecule has 3 rings (SSSR count). The highest BCUT2D eigenvalue weighted by Crippen LogP contribution is 2.28. The molecule has 0 unspecified atom stereocenters. The number of nitrogens with one attached hydrogen (secondary N) is 2. The lowest BCUT2D eigenvalue weighted by Gasteiger charge is -2.20. The molecular weight excluding hydrogens is 446 g/mol. The molecule has 0 bridgehead atoms. The third-order valence-corrected chi connectivity index (χ3v) is 8.94. The average molecular weight is 480 g/mol. The molecule has 1 amide bonds. The van der Waals surface area contributed by atoms with Crippen LogP contribution in [-0.4, -0.2) is 52.7 Å². The number of carbonyl (C=O) groups is 1. The van der Waals surface area contributed by atoms with Crippen molar-refractivity contribution >= 4 is 33.4 Å². The van der Waals surface area contributed by atoms with Crippen molar-refractivity contribution in [2.24, 2.45) is 5.92 Å². The van der Waals surface area contributed by atoms with Gasteiger partial charge in [-0.1, -0.05) is 57.4 Å². The van der Waals surface area contributed by atoms with E-state index < -0.39 is 10.0 Å². The second-order valence-electron chi connectivity index (χ2n) is 8.16. The second-order valence-corrected chi connectivity index (χ2v) is 11.0. The van der Waals surface area contributed by atoms with Gasteiger partial charge in [-0.05, 0) is 37.0 Å². The van der Waals surface area contributed by atoms with Crippen LogP contribution in [-0.2, 0) is 21.2 Å². The summed E-state index contributed by atoms with van der Waals surface area (Å²) in [7, 11) is -3.60. The van der Waals surface area contributed by atoms with E-state index >= 15 is 0 Å². The van der Waals surface area contributed by atoms with E-state index in [1.165, 1.54) is 47.8 Å². The minimum atomic E-state index is -3.60. The summed E-state index contributed by atoms with van der Waals surface area (Å²) in [5.74, 6) is 1.57. The van der Waals surface area contributed by atoms with Crippen LogP contribution in [0.2, 0.25) is 0 Å². The van der Waals surface area contributed by atoms with E-state index in [1.54, 1.807) is 19.1 Å². The average Bonchev–Trinajstić information content (AvgIpc) is 3.44. The number of hydrogen-bond donors (Lipinski definition) is 2. The van der Waals surface area contributed by atoms with Gasteiger partial charge in [0.25, 0.3) is 0 Å². The Hall–Kier alpha value is -1.91. The Bertz CT molecular complexity index is 1010. The number of nitrogens with zero attached hydrogens (tertiary/aromatic N) is 3. The molecule has 32 heavy (non-hydrogen) atoms. The third kappa shape index (κ3) is 6.32. The fraction of sp³-hybridized carbons (Fsp3) is 0.591. The lowest BCUT2D eigenvalue weighted by Crippen LogP contribution is -2.31. The Morgan fingerprint density at radius 2 is 1.97 bits per heavy atom. The molecule has 1 fully saturated rings. The van der Waals surface area contributed by atoms with Crippen LogP contribution in [0.15, 0.2) is 28.3 Å². The van der Waals surface area contributed by atoms with Crippen molar-refractivity contribution in [3.8, 4) is 0 Å². The van der Waals surface area contributed by atoms with Gasteiger partial charge in [-0.2, -0.15) is 4.31 Å². The standard InChI is InChI=1S/C22H33N5O3S2/c1-4-27(5-2)32(29,30)19-14-18(12-10-16(19)3)23-21(28)15-31-22-24-20(25-26-22)13-11-17-8-6-7-9-17/h10,12,14,17H,4-9,11,13,15H2,1-3H3,(H,23,28)(H,24,25,26). The molecule has 1 aromatic heterocycles. The number of carbonyl (C=O) groups excluding carboxylic acids is 1. The number of anilines is 1. The second kappa shape index (κ2) is 11.3. The van der Waals surface area contributed by atoms with Crippen molar-refractivity contribution in [1.29, 1.82) is 0 Å². The first-order valence-corrected chi connectivity index (χ1v) is 13.7. The molecule has 1 aromatic carbocycles. The Morgan fingerprint density at radius 1 is 1.25 bits per heavy atom. The van der Waals surface area contributed by atoms with Gasteiger partial charge < -0.3 is 5.32 Å². The van der Waals surface area contributed by atoms with Crippen LogP contribution >= 0.6 is 11.8 Å². The molecular formula is C22H33N5O3S2. The fourth-order valence-corrected chi connectivity index (χ4v) is 6.41. The maximum atomic E-state index is 12.9. The molecule has 0 aliphatic heterocycles. The van der Waals surface area contributed by atoms with E-state index in [0.717, 1.165) is 24.6 Å². The summed E-state index contributed by atoms with van der Waals surface area (Å²) in [5, 5.41) is 10.5. The topological polar surface area (TPSA) is 108 Å². The molecule has 10 heteroatoms. The molecule has 1 aliphatic carbocycles. The van der Waals surface area contributed by atoms with E-state index in [-0.39, 0.29) is 16.6 Å². The number of aromatic nitrogens is 3. The van der Waals surface area contributed by atoms with Crippen molar-refractivity contribution < 1.29 is 13.2 Å². The highest BCUT2D eigenvalue weighted by atomic mass is 32.2. The predicted molar refractivity (Wildman–Crippen MR) is 127 cm³/mol. The molecule has 2 N–H and O–H groups in total. The highest BCUT2D eigenvalue weighted by molar-refractivity contribution is 7.99. The number of benzene rings is 1. The Kier molecular flexibility index (Phi) is 8.72. The minimum Gasteiger partial charge on any atom is -0.325 e. The van der Waals surface area contributed by atoms with Crippen molar-refractivity contribution in [3.63, 3.8) is 0 Å². The maximum Gasteiger partial charge on any atom is 0.243 e. The number of sulfonamides is 1. The molecule has 2 aromatic rings. The number of rotatable bonds is 11. The molecule has 0 atom stereocenters. The van der Waals surface area contributed by atoms with Crippen molar-refractivity contribution in [2.75, 3.05) is 24.2 Å². The summed E-state index contributed by atoms with van der Waals surface area (Å²) in [6.07, 6.45) is 7.31. The summed E-state index contributed by atoms with van der Waals surface area (Å²) >= 11 is 1.26. The van der Waals surface area contributed by atoms with Crippen molar-refractivity contribution in [1.82, 2.24) is 19.5 Å². The zero-order chi connectivity index (χ0) is 23.1. The molecule has 0 saturated heterocycles. The number of hydrogen-bond acceptors (Lipinski definition) is 6. The van der Waals surface area contributed by atoms with E-state index in [0.29, 0.717) is 29.5 Å². The largest absolute Gasteiger partial charge is 0.325 e. The lowest BCUT2D eigenvalue weighted by atomic mass is 10.0. The molecule has 8 nitrogen and oxygen atoms in total. The van der Waals surface area contributed by atoms with Gasteiger partial charge >= 0.3 is 0 Å². The highest BCUT2D eigenvalue weighted by Gasteiger charge is 2.24. The van der Waals surface area contributed by atoms with E-state index in [4.69, 9.17) is 0 Å².